The molecule has 0 spiro atoms. The maximum Gasteiger partial charge on any atom is 0.573 e. The minimum Gasteiger partial charge on any atom is -0.406 e. The molecule has 2 aromatic rings. The Morgan fingerprint density at radius 1 is 0.949 bits per heavy atom. The molecule has 0 unspecified atom stereocenters. The number of rotatable bonds is 7. The van der Waals surface area contributed by atoms with E-state index in [0.717, 1.165) is 24.3 Å². The van der Waals surface area contributed by atoms with Gasteiger partial charge in [0.25, 0.3) is 0 Å². The van der Waals surface area contributed by atoms with Crippen LogP contribution in [0.3, 0.4) is 0 Å². The third-order valence-corrected chi connectivity index (χ3v) is 7.37. The highest BCUT2D eigenvalue weighted by Gasteiger charge is 2.52. The molecule has 1 aliphatic heterocycles. The summed E-state index contributed by atoms with van der Waals surface area (Å²) < 4.78 is 80.4. The van der Waals surface area contributed by atoms with E-state index < -0.39 is 46.8 Å². The van der Waals surface area contributed by atoms with Crippen molar-refractivity contribution >= 4 is 11.8 Å². The molecule has 1 heterocycles. The number of piperidine rings is 1. The van der Waals surface area contributed by atoms with Gasteiger partial charge in [-0.1, -0.05) is 24.3 Å². The first-order valence-electron chi connectivity index (χ1n) is 12.5. The number of halogens is 6. The second kappa shape index (κ2) is 10.4. The molecule has 2 aliphatic rings. The number of nitrogens with one attached hydrogen (secondary N) is 1. The van der Waals surface area contributed by atoms with Gasteiger partial charge in [0.05, 0.1) is 11.0 Å². The first-order valence-corrected chi connectivity index (χ1v) is 12.5. The summed E-state index contributed by atoms with van der Waals surface area (Å²) in [4.78, 5) is 28.5. The van der Waals surface area contributed by atoms with E-state index in [-0.39, 0.29) is 12.3 Å². The second-order valence-electron chi connectivity index (χ2n) is 10.6. The normalized spacial score (nSPS) is 19.2. The van der Waals surface area contributed by atoms with Crippen LogP contribution in [-0.4, -0.2) is 47.7 Å². The number of ether oxygens (including phenoxy) is 1. The Morgan fingerprint density at radius 2 is 1.51 bits per heavy atom. The molecule has 1 atom stereocenters. The fraction of sp³-hybridized carbons (Fsp3) is 0.481. The third kappa shape index (κ3) is 7.03. The van der Waals surface area contributed by atoms with Crippen molar-refractivity contribution in [1.82, 2.24) is 10.2 Å². The van der Waals surface area contributed by atoms with Crippen molar-refractivity contribution < 1.29 is 40.7 Å². The molecule has 4 rings (SSSR count). The molecule has 0 aromatic heterocycles. The summed E-state index contributed by atoms with van der Waals surface area (Å²) in [5.74, 6) is -1.27. The van der Waals surface area contributed by atoms with Crippen LogP contribution >= 0.6 is 0 Å². The molecule has 1 saturated carbocycles. The topological polar surface area (TPSA) is 84.7 Å². The molecule has 212 valence electrons. The van der Waals surface area contributed by atoms with Gasteiger partial charge in [0, 0.05) is 25.0 Å². The Kier molecular flexibility index (Phi) is 7.63. The van der Waals surface area contributed by atoms with Gasteiger partial charge in [-0.3, -0.25) is 9.59 Å². The highest BCUT2D eigenvalue weighted by molar-refractivity contribution is 5.95. The number of hydrogen-bond donors (Lipinski definition) is 2. The van der Waals surface area contributed by atoms with Crippen LogP contribution in [0, 0.1) is 0 Å². The van der Waals surface area contributed by atoms with Crippen LogP contribution in [0.1, 0.15) is 49.3 Å². The average Bonchev–Trinajstić information content (AvgIpc) is 3.65. The Labute approximate surface area is 221 Å². The summed E-state index contributed by atoms with van der Waals surface area (Å²) in [5.41, 5.74) is 4.81. The van der Waals surface area contributed by atoms with Gasteiger partial charge >= 0.3 is 12.5 Å². The molecule has 6 nitrogen and oxygen atoms in total. The first-order chi connectivity index (χ1) is 18.1. The lowest BCUT2D eigenvalue weighted by atomic mass is 9.90. The van der Waals surface area contributed by atoms with Crippen molar-refractivity contribution in [3.05, 3.63) is 65.2 Å². The van der Waals surface area contributed by atoms with Gasteiger partial charge in [-0.2, -0.15) is 13.2 Å². The van der Waals surface area contributed by atoms with Crippen molar-refractivity contribution in [2.45, 2.75) is 68.6 Å². The molecule has 12 heteroatoms. The number of amides is 2. The standard InChI is InChI=1S/C27H29F6N3O3/c1-24(34)12-14-36(15-13-24)22(37)21(16-17-2-4-19(5-3-17)26(28,29)30)35-23(38)25(10-11-25)18-6-8-20(9-7-18)39-27(31,32)33/h2-9,21H,10-16,34H2,1H3,(H,35,38)/t21-/m0/s1. The minimum atomic E-state index is -4.85. The average molecular weight is 558 g/mol. The summed E-state index contributed by atoms with van der Waals surface area (Å²) in [5, 5.41) is 2.79. The van der Waals surface area contributed by atoms with E-state index in [0.29, 0.717) is 49.9 Å². The lowest BCUT2D eigenvalue weighted by Gasteiger charge is -2.38. The van der Waals surface area contributed by atoms with Crippen LogP contribution in [0.2, 0.25) is 0 Å². The van der Waals surface area contributed by atoms with Crippen molar-refractivity contribution in [1.29, 1.82) is 0 Å². The molecular formula is C27H29F6N3O3. The molecule has 1 aliphatic carbocycles. The number of hydrogen-bond acceptors (Lipinski definition) is 4. The minimum absolute atomic E-state index is 0.0342. The van der Waals surface area contributed by atoms with Crippen LogP contribution in [0.15, 0.2) is 48.5 Å². The number of benzene rings is 2. The molecule has 0 radical (unpaired) electrons. The van der Waals surface area contributed by atoms with Crippen LogP contribution in [0.5, 0.6) is 5.75 Å². The van der Waals surface area contributed by atoms with Crippen molar-refractivity contribution in [3.8, 4) is 5.75 Å². The maximum absolute atomic E-state index is 13.5. The Morgan fingerprint density at radius 3 is 2.00 bits per heavy atom. The zero-order valence-corrected chi connectivity index (χ0v) is 21.2. The molecule has 2 fully saturated rings. The number of alkyl halides is 6. The smallest absolute Gasteiger partial charge is 0.406 e. The van der Waals surface area contributed by atoms with Gasteiger partial charge in [-0.25, -0.2) is 0 Å². The fourth-order valence-corrected chi connectivity index (χ4v) is 4.77. The number of carbonyl (C=O) groups is 2. The summed E-state index contributed by atoms with van der Waals surface area (Å²) in [7, 11) is 0. The second-order valence-corrected chi connectivity index (χ2v) is 10.6. The summed E-state index contributed by atoms with van der Waals surface area (Å²) in [6, 6.07) is 8.35. The van der Waals surface area contributed by atoms with Crippen molar-refractivity contribution in [2.75, 3.05) is 13.1 Å². The predicted octanol–water partition coefficient (Wildman–Crippen LogP) is 4.70. The quantitative estimate of drug-likeness (QED) is 0.484. The number of likely N-dealkylation sites (tertiary alicyclic amines) is 1. The van der Waals surface area contributed by atoms with Crippen molar-refractivity contribution in [3.63, 3.8) is 0 Å². The van der Waals surface area contributed by atoms with Crippen molar-refractivity contribution in [2.24, 2.45) is 5.73 Å². The van der Waals surface area contributed by atoms with Gasteiger partial charge in [0.15, 0.2) is 0 Å². The summed E-state index contributed by atoms with van der Waals surface area (Å²) in [6.07, 6.45) is -7.44. The Bertz CT molecular complexity index is 1180. The zero-order chi connectivity index (χ0) is 28.6. The van der Waals surface area contributed by atoms with Gasteiger partial charge in [-0.15, -0.1) is 13.2 Å². The number of carbonyl (C=O) groups excluding carboxylic acids is 2. The highest BCUT2D eigenvalue weighted by atomic mass is 19.4. The molecular weight excluding hydrogens is 528 g/mol. The van der Waals surface area contributed by atoms with E-state index in [1.165, 1.54) is 24.3 Å². The van der Waals surface area contributed by atoms with Crippen LogP contribution in [-0.2, 0) is 27.6 Å². The molecule has 39 heavy (non-hydrogen) atoms. The van der Waals surface area contributed by atoms with Gasteiger partial charge in [-0.05, 0) is 68.0 Å². The van der Waals surface area contributed by atoms with E-state index in [4.69, 9.17) is 5.73 Å². The largest absolute Gasteiger partial charge is 0.573 e. The number of nitrogens with zero attached hydrogens (tertiary/aromatic N) is 1. The lowest BCUT2D eigenvalue weighted by molar-refractivity contribution is -0.274. The van der Waals surface area contributed by atoms with Crippen LogP contribution < -0.4 is 15.8 Å². The highest BCUT2D eigenvalue weighted by Crippen LogP contribution is 2.49. The monoisotopic (exact) mass is 557 g/mol. The summed E-state index contributed by atoms with van der Waals surface area (Å²) in [6.45, 7) is 2.63. The van der Waals surface area contributed by atoms with E-state index in [2.05, 4.69) is 10.1 Å². The molecule has 1 saturated heterocycles. The SMILES string of the molecule is CC1(N)CCN(C(=O)[C@H](Cc2ccc(C(F)(F)F)cc2)NC(=O)C2(c3ccc(OC(F)(F)F)cc3)CC2)CC1. The molecule has 2 aromatic carbocycles. The van der Waals surface area contributed by atoms with E-state index in [9.17, 15) is 35.9 Å². The molecule has 3 N–H and O–H groups in total. The van der Waals surface area contributed by atoms with Gasteiger partial charge in [0.2, 0.25) is 11.8 Å². The maximum atomic E-state index is 13.5. The van der Waals surface area contributed by atoms with Crippen LogP contribution in [0.4, 0.5) is 26.3 Å². The Balaban J connectivity index is 1.53. The van der Waals surface area contributed by atoms with E-state index in [1.807, 2.05) is 6.92 Å². The lowest BCUT2D eigenvalue weighted by Crippen LogP contribution is -2.56. The molecule has 0 bridgehead atoms. The van der Waals surface area contributed by atoms with E-state index in [1.54, 1.807) is 4.90 Å². The zero-order valence-electron chi connectivity index (χ0n) is 21.2. The van der Waals surface area contributed by atoms with Crippen LogP contribution in [0.25, 0.3) is 0 Å². The third-order valence-electron chi connectivity index (χ3n) is 7.37. The van der Waals surface area contributed by atoms with Gasteiger partial charge in [0.1, 0.15) is 11.8 Å². The molecule has 2 amide bonds. The Hall–Kier alpha value is -3.28. The van der Waals surface area contributed by atoms with Gasteiger partial charge < -0.3 is 20.7 Å². The predicted molar refractivity (Wildman–Crippen MR) is 130 cm³/mol. The number of nitrogens with two attached hydrogens (primary N) is 1. The summed E-state index contributed by atoms with van der Waals surface area (Å²) >= 11 is 0. The fourth-order valence-electron chi connectivity index (χ4n) is 4.77. The first kappa shape index (κ1) is 28.7. The van der Waals surface area contributed by atoms with E-state index >= 15 is 0 Å².